The number of ketones is 1. The summed E-state index contributed by atoms with van der Waals surface area (Å²) in [7, 11) is 1.46. The average Bonchev–Trinajstić information content (AvgIpc) is 3.10. The van der Waals surface area contributed by atoms with Gasteiger partial charge in [0.1, 0.15) is 12.3 Å². The SMILES string of the molecule is COc1ccccc1C(=O)NCC(=O)OCC(=O)c1cc(C)n(-c2ccccc2)c1C. The summed E-state index contributed by atoms with van der Waals surface area (Å²) in [6, 6.07) is 18.1. The lowest BCUT2D eigenvalue weighted by Crippen LogP contribution is -2.31. The van der Waals surface area contributed by atoms with Gasteiger partial charge in [0, 0.05) is 22.6 Å². The number of nitrogens with zero attached hydrogens (tertiary/aromatic N) is 1. The number of hydrogen-bond donors (Lipinski definition) is 1. The van der Waals surface area contributed by atoms with Crippen LogP contribution in [0.15, 0.2) is 60.7 Å². The molecular formula is C24H24N2O5. The van der Waals surface area contributed by atoms with E-state index in [-0.39, 0.29) is 12.3 Å². The minimum Gasteiger partial charge on any atom is -0.496 e. The standard InChI is InChI=1S/C24H24N2O5/c1-16-13-20(17(2)26(16)18-9-5-4-6-10-18)21(27)15-31-23(28)14-25-24(29)19-11-7-8-12-22(19)30-3/h4-13H,14-15H2,1-3H3,(H,25,29). The molecule has 3 aromatic rings. The highest BCUT2D eigenvalue weighted by Crippen LogP contribution is 2.21. The molecular weight excluding hydrogens is 396 g/mol. The second-order valence-corrected chi connectivity index (χ2v) is 6.92. The Morgan fingerprint density at radius 2 is 1.61 bits per heavy atom. The Kier molecular flexibility index (Phi) is 6.87. The fourth-order valence-corrected chi connectivity index (χ4v) is 3.37. The first kappa shape index (κ1) is 21.8. The number of benzene rings is 2. The minimum absolute atomic E-state index is 0.306. The lowest BCUT2D eigenvalue weighted by molar-refractivity contribution is -0.141. The van der Waals surface area contributed by atoms with E-state index < -0.39 is 18.5 Å². The van der Waals surface area contributed by atoms with Crippen LogP contribution in [0, 0.1) is 13.8 Å². The highest BCUT2D eigenvalue weighted by molar-refractivity contribution is 6.00. The summed E-state index contributed by atoms with van der Waals surface area (Å²) in [5.74, 6) is -1.07. The van der Waals surface area contributed by atoms with Crippen LogP contribution >= 0.6 is 0 Å². The smallest absolute Gasteiger partial charge is 0.325 e. The van der Waals surface area contributed by atoms with Crippen molar-refractivity contribution in [3.63, 3.8) is 0 Å². The minimum atomic E-state index is -0.700. The maximum Gasteiger partial charge on any atom is 0.325 e. The van der Waals surface area contributed by atoms with E-state index in [2.05, 4.69) is 5.32 Å². The lowest BCUT2D eigenvalue weighted by atomic mass is 10.1. The summed E-state index contributed by atoms with van der Waals surface area (Å²) < 4.78 is 12.2. The number of ether oxygens (including phenoxy) is 2. The van der Waals surface area contributed by atoms with Gasteiger partial charge >= 0.3 is 5.97 Å². The average molecular weight is 420 g/mol. The fraction of sp³-hybridized carbons (Fsp3) is 0.208. The van der Waals surface area contributed by atoms with Crippen molar-refractivity contribution in [2.24, 2.45) is 0 Å². The van der Waals surface area contributed by atoms with Crippen molar-refractivity contribution in [1.82, 2.24) is 9.88 Å². The van der Waals surface area contributed by atoms with Gasteiger partial charge in [-0.1, -0.05) is 30.3 Å². The van der Waals surface area contributed by atoms with Gasteiger partial charge in [-0.05, 0) is 44.2 Å². The molecule has 0 fully saturated rings. The van der Waals surface area contributed by atoms with Crippen molar-refractivity contribution in [3.05, 3.63) is 83.2 Å². The van der Waals surface area contributed by atoms with E-state index in [4.69, 9.17) is 9.47 Å². The molecule has 0 aliphatic carbocycles. The summed E-state index contributed by atoms with van der Waals surface area (Å²) in [5, 5.41) is 2.47. The van der Waals surface area contributed by atoms with Crippen molar-refractivity contribution in [2.75, 3.05) is 20.3 Å². The van der Waals surface area contributed by atoms with Crippen LogP contribution in [0.2, 0.25) is 0 Å². The quantitative estimate of drug-likeness (QED) is 0.447. The molecule has 0 aliphatic rings. The largest absolute Gasteiger partial charge is 0.496 e. The third-order valence-electron chi connectivity index (χ3n) is 4.86. The van der Waals surface area contributed by atoms with Crippen molar-refractivity contribution < 1.29 is 23.9 Å². The normalized spacial score (nSPS) is 10.4. The maximum atomic E-state index is 12.6. The number of nitrogens with one attached hydrogen (secondary N) is 1. The number of para-hydroxylation sites is 2. The Bertz CT molecular complexity index is 1100. The molecule has 1 aromatic heterocycles. The Morgan fingerprint density at radius 3 is 2.32 bits per heavy atom. The molecule has 1 N–H and O–H groups in total. The summed E-state index contributed by atoms with van der Waals surface area (Å²) >= 11 is 0. The third-order valence-corrected chi connectivity index (χ3v) is 4.86. The zero-order chi connectivity index (χ0) is 22.4. The second-order valence-electron chi connectivity index (χ2n) is 6.92. The zero-order valence-corrected chi connectivity index (χ0v) is 17.7. The molecule has 2 aromatic carbocycles. The monoisotopic (exact) mass is 420 g/mol. The molecule has 0 atom stereocenters. The number of rotatable bonds is 8. The maximum absolute atomic E-state index is 12.6. The van der Waals surface area contributed by atoms with Gasteiger partial charge in [0.25, 0.3) is 5.91 Å². The Balaban J connectivity index is 1.57. The van der Waals surface area contributed by atoms with Gasteiger partial charge in [-0.3, -0.25) is 14.4 Å². The van der Waals surface area contributed by atoms with Gasteiger partial charge in [-0.2, -0.15) is 0 Å². The lowest BCUT2D eigenvalue weighted by Gasteiger charge is -2.10. The van der Waals surface area contributed by atoms with Crippen LogP contribution < -0.4 is 10.1 Å². The van der Waals surface area contributed by atoms with Crippen LogP contribution in [0.25, 0.3) is 5.69 Å². The molecule has 31 heavy (non-hydrogen) atoms. The van der Waals surface area contributed by atoms with E-state index >= 15 is 0 Å². The zero-order valence-electron chi connectivity index (χ0n) is 17.7. The van der Waals surface area contributed by atoms with Crippen LogP contribution in [0.4, 0.5) is 0 Å². The first-order chi connectivity index (χ1) is 14.9. The number of aryl methyl sites for hydroxylation is 1. The first-order valence-corrected chi connectivity index (χ1v) is 9.76. The van der Waals surface area contributed by atoms with E-state index in [0.29, 0.717) is 16.9 Å². The number of methoxy groups -OCH3 is 1. The van der Waals surface area contributed by atoms with Crippen LogP contribution in [0.1, 0.15) is 32.1 Å². The van der Waals surface area contributed by atoms with E-state index in [1.807, 2.05) is 48.7 Å². The van der Waals surface area contributed by atoms with E-state index in [0.717, 1.165) is 17.1 Å². The molecule has 1 amide bonds. The van der Waals surface area contributed by atoms with Gasteiger partial charge in [0.05, 0.1) is 12.7 Å². The van der Waals surface area contributed by atoms with Crippen LogP contribution in [0.5, 0.6) is 5.75 Å². The van der Waals surface area contributed by atoms with Crippen molar-refractivity contribution in [2.45, 2.75) is 13.8 Å². The van der Waals surface area contributed by atoms with Crippen LogP contribution in [-0.4, -0.2) is 42.5 Å². The summed E-state index contributed by atoms with van der Waals surface area (Å²) in [6.45, 7) is 3.01. The first-order valence-electron chi connectivity index (χ1n) is 9.76. The van der Waals surface area contributed by atoms with Crippen LogP contribution in [0.3, 0.4) is 0 Å². The molecule has 0 saturated heterocycles. The van der Waals surface area contributed by atoms with Crippen LogP contribution in [-0.2, 0) is 9.53 Å². The molecule has 0 bridgehead atoms. The molecule has 3 rings (SSSR count). The highest BCUT2D eigenvalue weighted by atomic mass is 16.5. The number of carbonyl (C=O) groups excluding carboxylic acids is 3. The molecule has 7 heteroatoms. The summed E-state index contributed by atoms with van der Waals surface area (Å²) in [4.78, 5) is 36.9. The van der Waals surface area contributed by atoms with Gasteiger partial charge in [-0.15, -0.1) is 0 Å². The summed E-state index contributed by atoms with van der Waals surface area (Å²) in [6.07, 6.45) is 0. The van der Waals surface area contributed by atoms with Gasteiger partial charge in [0.15, 0.2) is 6.61 Å². The molecule has 1 heterocycles. The molecule has 0 radical (unpaired) electrons. The third kappa shape index (κ3) is 5.01. The Hall–Kier alpha value is -3.87. The Morgan fingerprint density at radius 1 is 0.935 bits per heavy atom. The molecule has 7 nitrogen and oxygen atoms in total. The number of aromatic nitrogens is 1. The predicted octanol–water partition coefficient (Wildman–Crippen LogP) is 3.26. The molecule has 0 spiro atoms. The number of amides is 1. The van der Waals surface area contributed by atoms with E-state index in [1.54, 1.807) is 30.3 Å². The number of Topliss-reactive ketones (excluding diaryl/α,β-unsaturated/α-hetero) is 1. The van der Waals surface area contributed by atoms with Crippen molar-refractivity contribution >= 4 is 17.7 Å². The van der Waals surface area contributed by atoms with Gasteiger partial charge < -0.3 is 19.4 Å². The number of esters is 1. The highest BCUT2D eigenvalue weighted by Gasteiger charge is 2.19. The fourth-order valence-electron chi connectivity index (χ4n) is 3.37. The van der Waals surface area contributed by atoms with E-state index in [1.165, 1.54) is 7.11 Å². The molecule has 0 saturated carbocycles. The second kappa shape index (κ2) is 9.75. The van der Waals surface area contributed by atoms with Gasteiger partial charge in [-0.25, -0.2) is 0 Å². The summed E-state index contributed by atoms with van der Waals surface area (Å²) in [5.41, 5.74) is 3.43. The van der Waals surface area contributed by atoms with Crippen molar-refractivity contribution in [3.8, 4) is 11.4 Å². The molecule has 160 valence electrons. The van der Waals surface area contributed by atoms with Gasteiger partial charge in [0.2, 0.25) is 5.78 Å². The number of carbonyl (C=O) groups is 3. The molecule has 0 aliphatic heterocycles. The van der Waals surface area contributed by atoms with Crippen molar-refractivity contribution in [1.29, 1.82) is 0 Å². The molecule has 0 unspecified atom stereocenters. The number of hydrogen-bond acceptors (Lipinski definition) is 5. The predicted molar refractivity (Wildman–Crippen MR) is 116 cm³/mol. The van der Waals surface area contributed by atoms with E-state index in [9.17, 15) is 14.4 Å². The Labute approximate surface area is 180 Å². The topological polar surface area (TPSA) is 86.6 Å².